The molecule has 1 aliphatic rings. The fourth-order valence-electron chi connectivity index (χ4n) is 2.75. The molecule has 3 rings (SSSR count). The minimum Gasteiger partial charge on any atom is -0.323 e. The summed E-state index contributed by atoms with van der Waals surface area (Å²) in [6.45, 7) is 4.63. The van der Waals surface area contributed by atoms with Gasteiger partial charge in [-0.15, -0.1) is 0 Å². The number of nitrogens with zero attached hydrogens (tertiary/aromatic N) is 3. The van der Waals surface area contributed by atoms with E-state index in [0.717, 1.165) is 36.6 Å². The molecular weight excluding hydrogens is 236 g/mol. The topological polar surface area (TPSA) is 55.0 Å². The highest BCUT2D eigenvalue weighted by Gasteiger charge is 2.25. The Morgan fingerprint density at radius 3 is 2.84 bits per heavy atom. The Labute approximate surface area is 113 Å². The van der Waals surface area contributed by atoms with Crippen molar-refractivity contribution in [2.75, 3.05) is 6.54 Å². The quantitative estimate of drug-likeness (QED) is 0.888. The van der Waals surface area contributed by atoms with Crippen LogP contribution in [0.4, 0.5) is 0 Å². The lowest BCUT2D eigenvalue weighted by Gasteiger charge is -2.32. The van der Waals surface area contributed by atoms with Crippen molar-refractivity contribution in [3.05, 3.63) is 59.2 Å². The molecule has 98 valence electrons. The van der Waals surface area contributed by atoms with Gasteiger partial charge in [-0.3, -0.25) is 4.90 Å². The van der Waals surface area contributed by atoms with Crippen molar-refractivity contribution in [1.82, 2.24) is 14.9 Å². The predicted molar refractivity (Wildman–Crippen MR) is 74.3 cm³/mol. The first-order valence-corrected chi connectivity index (χ1v) is 6.56. The number of fused-ring (bicyclic) bond motifs is 1. The van der Waals surface area contributed by atoms with E-state index >= 15 is 0 Å². The van der Waals surface area contributed by atoms with Crippen LogP contribution in [0.15, 0.2) is 36.7 Å². The van der Waals surface area contributed by atoms with Crippen LogP contribution < -0.4 is 5.73 Å². The summed E-state index contributed by atoms with van der Waals surface area (Å²) in [5.41, 5.74) is 10.8. The van der Waals surface area contributed by atoms with Gasteiger partial charge < -0.3 is 5.73 Å². The minimum atomic E-state index is 0.00802. The highest BCUT2D eigenvalue weighted by atomic mass is 15.2. The van der Waals surface area contributed by atoms with Gasteiger partial charge in [0.15, 0.2) is 0 Å². The molecule has 0 fully saturated rings. The van der Waals surface area contributed by atoms with Crippen LogP contribution in [0, 0.1) is 6.92 Å². The van der Waals surface area contributed by atoms with Crippen LogP contribution in [0.1, 0.15) is 28.6 Å². The smallest absolute Gasteiger partial charge is 0.116 e. The lowest BCUT2D eigenvalue weighted by Crippen LogP contribution is -2.38. The normalized spacial score (nSPS) is 19.2. The standard InChI is InChI=1S/C15H18N4/c1-11-15-13(16)8-19(9-14(15)18-10-17-11)7-12-5-3-2-4-6-12/h2-6,10,13H,7-9,16H2,1H3. The number of aromatic nitrogens is 2. The third-order valence-electron chi connectivity index (χ3n) is 3.61. The van der Waals surface area contributed by atoms with E-state index in [9.17, 15) is 0 Å². The molecule has 2 N–H and O–H groups in total. The average Bonchev–Trinajstić information content (AvgIpc) is 2.39. The number of hydrogen-bond donors (Lipinski definition) is 1. The third kappa shape index (κ3) is 2.50. The van der Waals surface area contributed by atoms with Crippen molar-refractivity contribution in [3.8, 4) is 0 Å². The Balaban J connectivity index is 1.82. The summed E-state index contributed by atoms with van der Waals surface area (Å²) in [7, 11) is 0. The van der Waals surface area contributed by atoms with Crippen molar-refractivity contribution in [2.45, 2.75) is 26.1 Å². The predicted octanol–water partition coefficient (Wildman–Crippen LogP) is 1.80. The number of benzene rings is 1. The molecule has 0 saturated carbocycles. The largest absolute Gasteiger partial charge is 0.323 e. The number of hydrogen-bond acceptors (Lipinski definition) is 4. The first-order chi connectivity index (χ1) is 9.24. The van der Waals surface area contributed by atoms with Crippen LogP contribution in [-0.2, 0) is 13.1 Å². The summed E-state index contributed by atoms with van der Waals surface area (Å²) < 4.78 is 0. The molecule has 2 heterocycles. The van der Waals surface area contributed by atoms with Crippen molar-refractivity contribution < 1.29 is 0 Å². The van der Waals surface area contributed by atoms with E-state index in [-0.39, 0.29) is 6.04 Å². The molecule has 19 heavy (non-hydrogen) atoms. The van der Waals surface area contributed by atoms with Gasteiger partial charge in [-0.2, -0.15) is 0 Å². The van der Waals surface area contributed by atoms with Crippen LogP contribution in [0.2, 0.25) is 0 Å². The second kappa shape index (κ2) is 5.07. The van der Waals surface area contributed by atoms with Gasteiger partial charge in [0.25, 0.3) is 0 Å². The minimum absolute atomic E-state index is 0.00802. The molecule has 0 bridgehead atoms. The first kappa shape index (κ1) is 12.3. The summed E-state index contributed by atoms with van der Waals surface area (Å²) in [4.78, 5) is 11.0. The fraction of sp³-hybridized carbons (Fsp3) is 0.333. The Hall–Kier alpha value is -1.78. The van der Waals surface area contributed by atoms with E-state index < -0.39 is 0 Å². The summed E-state index contributed by atoms with van der Waals surface area (Å²) in [5.74, 6) is 0. The highest BCUT2D eigenvalue weighted by Crippen LogP contribution is 2.26. The maximum absolute atomic E-state index is 6.27. The summed E-state index contributed by atoms with van der Waals surface area (Å²) in [6.07, 6.45) is 1.63. The van der Waals surface area contributed by atoms with Gasteiger partial charge in [-0.25, -0.2) is 9.97 Å². The Kier molecular flexibility index (Phi) is 3.27. The van der Waals surface area contributed by atoms with Crippen LogP contribution >= 0.6 is 0 Å². The van der Waals surface area contributed by atoms with Crippen molar-refractivity contribution in [3.63, 3.8) is 0 Å². The SMILES string of the molecule is Cc1ncnc2c1C(N)CN(Cc1ccccc1)C2. The van der Waals surface area contributed by atoms with Crippen LogP contribution in [0.25, 0.3) is 0 Å². The second-order valence-electron chi connectivity index (χ2n) is 5.08. The maximum Gasteiger partial charge on any atom is 0.116 e. The number of aryl methyl sites for hydroxylation is 1. The maximum atomic E-state index is 6.27. The van der Waals surface area contributed by atoms with Crippen LogP contribution in [0.5, 0.6) is 0 Å². The van der Waals surface area contributed by atoms with Gasteiger partial charge >= 0.3 is 0 Å². The van der Waals surface area contributed by atoms with E-state index in [1.807, 2.05) is 13.0 Å². The number of rotatable bonds is 2. The third-order valence-corrected chi connectivity index (χ3v) is 3.61. The van der Waals surface area contributed by atoms with E-state index in [0.29, 0.717) is 0 Å². The molecule has 0 aliphatic carbocycles. The molecule has 1 unspecified atom stereocenters. The van der Waals surface area contributed by atoms with Gasteiger partial charge in [-0.1, -0.05) is 30.3 Å². The molecular formula is C15H18N4. The molecule has 1 aromatic heterocycles. The van der Waals surface area contributed by atoms with Gasteiger partial charge in [0, 0.05) is 36.9 Å². The zero-order valence-electron chi connectivity index (χ0n) is 11.1. The lowest BCUT2D eigenvalue weighted by molar-refractivity contribution is 0.218. The zero-order valence-corrected chi connectivity index (χ0v) is 11.1. The molecule has 0 radical (unpaired) electrons. The molecule has 1 aliphatic heterocycles. The Morgan fingerprint density at radius 1 is 1.26 bits per heavy atom. The lowest BCUT2D eigenvalue weighted by atomic mass is 9.98. The molecule has 4 nitrogen and oxygen atoms in total. The monoisotopic (exact) mass is 254 g/mol. The van der Waals surface area contributed by atoms with Gasteiger partial charge in [0.05, 0.1) is 5.69 Å². The van der Waals surface area contributed by atoms with Gasteiger partial charge in [0.1, 0.15) is 6.33 Å². The molecule has 4 heteroatoms. The van der Waals surface area contributed by atoms with Crippen molar-refractivity contribution in [2.24, 2.45) is 5.73 Å². The first-order valence-electron chi connectivity index (χ1n) is 6.56. The second-order valence-corrected chi connectivity index (χ2v) is 5.08. The highest BCUT2D eigenvalue weighted by molar-refractivity contribution is 5.30. The van der Waals surface area contributed by atoms with Crippen LogP contribution in [-0.4, -0.2) is 21.4 Å². The Morgan fingerprint density at radius 2 is 2.05 bits per heavy atom. The molecule has 0 saturated heterocycles. The van der Waals surface area contributed by atoms with E-state index in [1.54, 1.807) is 6.33 Å². The van der Waals surface area contributed by atoms with E-state index in [2.05, 4.69) is 39.1 Å². The van der Waals surface area contributed by atoms with E-state index in [1.165, 1.54) is 5.56 Å². The zero-order chi connectivity index (χ0) is 13.2. The average molecular weight is 254 g/mol. The molecule has 1 aromatic carbocycles. The molecule has 2 aromatic rings. The Bertz CT molecular complexity index is 568. The molecule has 0 spiro atoms. The van der Waals surface area contributed by atoms with Gasteiger partial charge in [0.2, 0.25) is 0 Å². The van der Waals surface area contributed by atoms with Gasteiger partial charge in [-0.05, 0) is 12.5 Å². The van der Waals surface area contributed by atoms with E-state index in [4.69, 9.17) is 5.73 Å². The summed E-state index contributed by atoms with van der Waals surface area (Å²) >= 11 is 0. The molecule has 0 amide bonds. The summed E-state index contributed by atoms with van der Waals surface area (Å²) in [6, 6.07) is 10.5. The number of nitrogens with two attached hydrogens (primary N) is 1. The fourth-order valence-corrected chi connectivity index (χ4v) is 2.75. The van der Waals surface area contributed by atoms with Crippen molar-refractivity contribution in [1.29, 1.82) is 0 Å². The van der Waals surface area contributed by atoms with Crippen LogP contribution in [0.3, 0.4) is 0 Å². The van der Waals surface area contributed by atoms with Crippen molar-refractivity contribution >= 4 is 0 Å². The molecule has 1 atom stereocenters. The summed E-state index contributed by atoms with van der Waals surface area (Å²) in [5, 5.41) is 0.